The molecule has 0 atom stereocenters. The van der Waals surface area contributed by atoms with E-state index in [1.807, 2.05) is 18.7 Å². The Morgan fingerprint density at radius 2 is 1.72 bits per heavy atom. The third kappa shape index (κ3) is 4.28. The van der Waals surface area contributed by atoms with Gasteiger partial charge in [-0.25, -0.2) is 9.97 Å². The standard InChI is InChI=1S/C22H30N4O3/c1-14(2)20-15(3)23-16(4)24-21(20)25-9-11-26(12-10-25)22(27)18-8-7-17(28-5)13-19(18)29-6/h7-8,13-14H,9-12H2,1-6H3. The molecule has 7 nitrogen and oxygen atoms in total. The molecular formula is C22H30N4O3. The molecule has 2 aromatic rings. The number of rotatable bonds is 5. The number of methoxy groups -OCH3 is 2. The first-order chi connectivity index (χ1) is 13.8. The smallest absolute Gasteiger partial charge is 0.257 e. The van der Waals surface area contributed by atoms with Gasteiger partial charge in [-0.2, -0.15) is 0 Å². The zero-order valence-corrected chi connectivity index (χ0v) is 18.2. The van der Waals surface area contributed by atoms with Crippen LogP contribution in [0.4, 0.5) is 5.82 Å². The number of aryl methyl sites for hydroxylation is 2. The van der Waals surface area contributed by atoms with Crippen LogP contribution >= 0.6 is 0 Å². The van der Waals surface area contributed by atoms with E-state index in [1.165, 1.54) is 5.56 Å². The average Bonchev–Trinajstić information content (AvgIpc) is 2.71. The molecule has 1 aliphatic rings. The molecule has 0 unspecified atom stereocenters. The number of hydrogen-bond donors (Lipinski definition) is 0. The normalized spacial score (nSPS) is 14.3. The number of carbonyl (C=O) groups excluding carboxylic acids is 1. The summed E-state index contributed by atoms with van der Waals surface area (Å²) in [5.74, 6) is 3.29. The van der Waals surface area contributed by atoms with Gasteiger partial charge in [0.15, 0.2) is 0 Å². The molecule has 0 bridgehead atoms. The van der Waals surface area contributed by atoms with Gasteiger partial charge in [0, 0.05) is 43.5 Å². The van der Waals surface area contributed by atoms with Crippen molar-refractivity contribution in [2.45, 2.75) is 33.6 Å². The Kier molecular flexibility index (Phi) is 6.25. The molecule has 0 N–H and O–H groups in total. The number of nitrogens with zero attached hydrogens (tertiary/aromatic N) is 4. The van der Waals surface area contributed by atoms with Gasteiger partial charge in [0.2, 0.25) is 0 Å². The highest BCUT2D eigenvalue weighted by Crippen LogP contribution is 2.30. The van der Waals surface area contributed by atoms with Gasteiger partial charge in [-0.15, -0.1) is 0 Å². The largest absolute Gasteiger partial charge is 0.497 e. The van der Waals surface area contributed by atoms with Crippen LogP contribution in [0.5, 0.6) is 11.5 Å². The molecule has 0 spiro atoms. The van der Waals surface area contributed by atoms with E-state index in [-0.39, 0.29) is 5.91 Å². The number of carbonyl (C=O) groups is 1. The molecule has 29 heavy (non-hydrogen) atoms. The van der Waals surface area contributed by atoms with Gasteiger partial charge in [0.1, 0.15) is 23.1 Å². The van der Waals surface area contributed by atoms with E-state index in [0.29, 0.717) is 36.1 Å². The monoisotopic (exact) mass is 398 g/mol. The van der Waals surface area contributed by atoms with Crippen LogP contribution in [0, 0.1) is 13.8 Å². The number of ether oxygens (including phenoxy) is 2. The first-order valence-corrected chi connectivity index (χ1v) is 9.97. The first kappa shape index (κ1) is 20.9. The molecule has 1 amide bonds. The highest BCUT2D eigenvalue weighted by molar-refractivity contribution is 5.97. The first-order valence-electron chi connectivity index (χ1n) is 9.97. The van der Waals surface area contributed by atoms with E-state index in [0.717, 1.165) is 30.4 Å². The molecule has 0 aliphatic carbocycles. The summed E-state index contributed by atoms with van der Waals surface area (Å²) < 4.78 is 10.6. The minimum absolute atomic E-state index is 0.0247. The second-order valence-corrected chi connectivity index (χ2v) is 7.59. The molecule has 3 rings (SSSR count). The maximum atomic E-state index is 13.1. The Balaban J connectivity index is 1.77. The van der Waals surface area contributed by atoms with Crippen LogP contribution in [0.25, 0.3) is 0 Å². The average molecular weight is 399 g/mol. The molecule has 1 aromatic heterocycles. The van der Waals surface area contributed by atoms with Crippen LogP contribution in [-0.4, -0.2) is 61.2 Å². The van der Waals surface area contributed by atoms with Gasteiger partial charge >= 0.3 is 0 Å². The van der Waals surface area contributed by atoms with E-state index in [1.54, 1.807) is 32.4 Å². The maximum Gasteiger partial charge on any atom is 0.257 e. The second kappa shape index (κ2) is 8.68. The lowest BCUT2D eigenvalue weighted by atomic mass is 10.0. The lowest BCUT2D eigenvalue weighted by molar-refractivity contribution is 0.0743. The third-order valence-electron chi connectivity index (χ3n) is 5.31. The highest BCUT2D eigenvalue weighted by atomic mass is 16.5. The predicted octanol–water partition coefficient (Wildman–Crippen LogP) is 3.20. The number of anilines is 1. The molecular weight excluding hydrogens is 368 g/mol. The van der Waals surface area contributed by atoms with Crippen molar-refractivity contribution < 1.29 is 14.3 Å². The number of aromatic nitrogens is 2. The highest BCUT2D eigenvalue weighted by Gasteiger charge is 2.27. The maximum absolute atomic E-state index is 13.1. The summed E-state index contributed by atoms with van der Waals surface area (Å²) in [5, 5.41) is 0. The Morgan fingerprint density at radius 3 is 2.31 bits per heavy atom. The zero-order valence-electron chi connectivity index (χ0n) is 18.2. The van der Waals surface area contributed by atoms with Gasteiger partial charge in [-0.05, 0) is 31.9 Å². The molecule has 0 saturated carbocycles. The lowest BCUT2D eigenvalue weighted by Gasteiger charge is -2.37. The summed E-state index contributed by atoms with van der Waals surface area (Å²) in [6.07, 6.45) is 0. The van der Waals surface area contributed by atoms with Crippen LogP contribution in [0.15, 0.2) is 18.2 Å². The summed E-state index contributed by atoms with van der Waals surface area (Å²) in [6, 6.07) is 5.29. The van der Waals surface area contributed by atoms with Crippen molar-refractivity contribution in [1.29, 1.82) is 0 Å². The fourth-order valence-corrected chi connectivity index (χ4v) is 3.89. The topological polar surface area (TPSA) is 67.8 Å². The van der Waals surface area contributed by atoms with Gasteiger partial charge in [-0.1, -0.05) is 13.8 Å². The Morgan fingerprint density at radius 1 is 1.03 bits per heavy atom. The minimum Gasteiger partial charge on any atom is -0.497 e. The van der Waals surface area contributed by atoms with Gasteiger partial charge in [-0.3, -0.25) is 4.79 Å². The predicted molar refractivity (Wildman–Crippen MR) is 113 cm³/mol. The lowest BCUT2D eigenvalue weighted by Crippen LogP contribution is -2.49. The summed E-state index contributed by atoms with van der Waals surface area (Å²) in [7, 11) is 3.16. The Hall–Kier alpha value is -2.83. The number of amides is 1. The van der Waals surface area contributed by atoms with Crippen LogP contribution in [0.3, 0.4) is 0 Å². The number of benzene rings is 1. The van der Waals surface area contributed by atoms with E-state index in [4.69, 9.17) is 14.5 Å². The van der Waals surface area contributed by atoms with Gasteiger partial charge < -0.3 is 19.3 Å². The van der Waals surface area contributed by atoms with Crippen molar-refractivity contribution in [2.75, 3.05) is 45.3 Å². The van der Waals surface area contributed by atoms with Crippen molar-refractivity contribution in [1.82, 2.24) is 14.9 Å². The van der Waals surface area contributed by atoms with Crippen LogP contribution in [0.1, 0.15) is 47.2 Å². The zero-order chi connectivity index (χ0) is 21.1. The molecule has 0 radical (unpaired) electrons. The van der Waals surface area contributed by atoms with Crippen molar-refractivity contribution in [3.63, 3.8) is 0 Å². The van der Waals surface area contributed by atoms with E-state index < -0.39 is 0 Å². The molecule has 1 aromatic carbocycles. The Labute approximate surface area is 172 Å². The Bertz CT molecular complexity index is 890. The summed E-state index contributed by atoms with van der Waals surface area (Å²) in [5.41, 5.74) is 2.77. The van der Waals surface area contributed by atoms with Crippen LogP contribution < -0.4 is 14.4 Å². The molecule has 1 saturated heterocycles. The molecule has 1 fully saturated rings. The van der Waals surface area contributed by atoms with E-state index in [9.17, 15) is 4.79 Å². The molecule has 156 valence electrons. The minimum atomic E-state index is -0.0247. The third-order valence-corrected chi connectivity index (χ3v) is 5.31. The molecule has 1 aliphatic heterocycles. The number of piperazine rings is 1. The van der Waals surface area contributed by atoms with Crippen LogP contribution in [0.2, 0.25) is 0 Å². The number of hydrogen-bond acceptors (Lipinski definition) is 6. The van der Waals surface area contributed by atoms with E-state index in [2.05, 4.69) is 23.7 Å². The van der Waals surface area contributed by atoms with Crippen molar-refractivity contribution >= 4 is 11.7 Å². The van der Waals surface area contributed by atoms with Gasteiger partial charge in [0.25, 0.3) is 5.91 Å². The fourth-order valence-electron chi connectivity index (χ4n) is 3.89. The van der Waals surface area contributed by atoms with Crippen LogP contribution in [-0.2, 0) is 0 Å². The van der Waals surface area contributed by atoms with Gasteiger partial charge in [0.05, 0.1) is 19.8 Å². The molecule has 7 heteroatoms. The fraction of sp³-hybridized carbons (Fsp3) is 0.500. The van der Waals surface area contributed by atoms with Crippen molar-refractivity contribution in [3.05, 3.63) is 40.8 Å². The van der Waals surface area contributed by atoms with Crippen molar-refractivity contribution in [3.8, 4) is 11.5 Å². The quantitative estimate of drug-likeness (QED) is 0.771. The summed E-state index contributed by atoms with van der Waals surface area (Å²) in [4.78, 5) is 26.5. The summed E-state index contributed by atoms with van der Waals surface area (Å²) >= 11 is 0. The second-order valence-electron chi connectivity index (χ2n) is 7.59. The SMILES string of the molecule is COc1ccc(C(=O)N2CCN(c3nc(C)nc(C)c3C(C)C)CC2)c(OC)c1. The van der Waals surface area contributed by atoms with Crippen molar-refractivity contribution in [2.24, 2.45) is 0 Å². The molecule has 2 heterocycles. The summed E-state index contributed by atoms with van der Waals surface area (Å²) in [6.45, 7) is 11.0. The van der Waals surface area contributed by atoms with E-state index >= 15 is 0 Å².